The van der Waals surface area contributed by atoms with Gasteiger partial charge >= 0.3 is 0 Å². The van der Waals surface area contributed by atoms with E-state index < -0.39 is 5.60 Å². The minimum absolute atomic E-state index is 0.122. The van der Waals surface area contributed by atoms with Crippen LogP contribution in [0.25, 0.3) is 0 Å². The highest BCUT2D eigenvalue weighted by molar-refractivity contribution is 6.31. The molecular weight excluding hydrogens is 251 g/mol. The molecule has 1 fully saturated rings. The van der Waals surface area contributed by atoms with Crippen molar-refractivity contribution in [3.63, 3.8) is 0 Å². The third kappa shape index (κ3) is 2.55. The van der Waals surface area contributed by atoms with Gasteiger partial charge in [-0.3, -0.25) is 0 Å². The van der Waals surface area contributed by atoms with Gasteiger partial charge in [-0.1, -0.05) is 44.4 Å². The highest BCUT2D eigenvalue weighted by Crippen LogP contribution is 2.46. The van der Waals surface area contributed by atoms with Crippen molar-refractivity contribution in [3.8, 4) is 0 Å². The van der Waals surface area contributed by atoms with Crippen LogP contribution in [0.5, 0.6) is 0 Å². The Morgan fingerprint density at radius 3 is 2.56 bits per heavy atom. The Balaban J connectivity index is 2.26. The van der Waals surface area contributed by atoms with Gasteiger partial charge in [0.2, 0.25) is 0 Å². The van der Waals surface area contributed by atoms with E-state index in [1.165, 1.54) is 12.1 Å². The van der Waals surface area contributed by atoms with Gasteiger partial charge in [0.25, 0.3) is 0 Å². The van der Waals surface area contributed by atoms with Crippen molar-refractivity contribution >= 4 is 11.6 Å². The third-order valence-electron chi connectivity index (χ3n) is 4.40. The largest absolute Gasteiger partial charge is 0.389 e. The fraction of sp³-hybridized carbons (Fsp3) is 0.600. The summed E-state index contributed by atoms with van der Waals surface area (Å²) in [5.41, 5.74) is -0.0362. The molecule has 2 rings (SSSR count). The first-order valence-corrected chi connectivity index (χ1v) is 6.88. The maximum atomic E-state index is 13.0. The van der Waals surface area contributed by atoms with Crippen molar-refractivity contribution < 1.29 is 9.50 Å². The van der Waals surface area contributed by atoms with Crippen LogP contribution in [-0.2, 0) is 6.42 Å². The number of rotatable bonds is 2. The highest BCUT2D eigenvalue weighted by Gasteiger charge is 2.45. The van der Waals surface area contributed by atoms with Crippen LogP contribution < -0.4 is 0 Å². The Morgan fingerprint density at radius 1 is 1.28 bits per heavy atom. The predicted molar refractivity (Wildman–Crippen MR) is 72.3 cm³/mol. The summed E-state index contributed by atoms with van der Waals surface area (Å²) in [5, 5.41) is 11.3. The smallest absolute Gasteiger partial charge is 0.124 e. The number of hydrogen-bond acceptors (Lipinski definition) is 1. The summed E-state index contributed by atoms with van der Waals surface area (Å²) in [6.45, 7) is 4.20. The fourth-order valence-electron chi connectivity index (χ4n) is 2.86. The minimum atomic E-state index is -0.743. The molecule has 1 atom stereocenters. The van der Waals surface area contributed by atoms with E-state index in [1.54, 1.807) is 6.07 Å². The Hall–Kier alpha value is -0.600. The van der Waals surface area contributed by atoms with E-state index in [4.69, 9.17) is 11.6 Å². The van der Waals surface area contributed by atoms with Crippen molar-refractivity contribution in [1.29, 1.82) is 0 Å². The molecule has 1 saturated carbocycles. The van der Waals surface area contributed by atoms with Gasteiger partial charge in [0.05, 0.1) is 5.60 Å². The lowest BCUT2D eigenvalue weighted by Gasteiger charge is -2.47. The molecule has 0 amide bonds. The summed E-state index contributed by atoms with van der Waals surface area (Å²) in [4.78, 5) is 0. The summed E-state index contributed by atoms with van der Waals surface area (Å²) in [7, 11) is 0. The van der Waals surface area contributed by atoms with E-state index >= 15 is 0 Å². The number of hydrogen-bond donors (Lipinski definition) is 1. The molecule has 1 aromatic carbocycles. The van der Waals surface area contributed by atoms with Crippen LogP contribution in [0, 0.1) is 11.2 Å². The summed E-state index contributed by atoms with van der Waals surface area (Å²) < 4.78 is 13.0. The fourth-order valence-corrected chi connectivity index (χ4v) is 3.10. The molecule has 0 bridgehead atoms. The van der Waals surface area contributed by atoms with Crippen molar-refractivity contribution in [2.24, 2.45) is 5.41 Å². The van der Waals surface area contributed by atoms with E-state index in [0.29, 0.717) is 11.4 Å². The first kappa shape index (κ1) is 13.8. The van der Waals surface area contributed by atoms with Gasteiger partial charge in [0.15, 0.2) is 0 Å². The maximum absolute atomic E-state index is 13.0. The highest BCUT2D eigenvalue weighted by atomic mass is 35.5. The van der Waals surface area contributed by atoms with Crippen LogP contribution in [0.15, 0.2) is 18.2 Å². The second-order valence-corrected chi connectivity index (χ2v) is 6.44. The molecule has 0 heterocycles. The minimum Gasteiger partial charge on any atom is -0.389 e. The average Bonchev–Trinajstić information content (AvgIpc) is 2.27. The second kappa shape index (κ2) is 4.82. The van der Waals surface area contributed by atoms with Crippen LogP contribution in [-0.4, -0.2) is 10.7 Å². The first-order valence-electron chi connectivity index (χ1n) is 6.50. The lowest BCUT2D eigenvalue weighted by Crippen LogP contribution is -2.48. The van der Waals surface area contributed by atoms with E-state index in [9.17, 15) is 9.50 Å². The summed E-state index contributed by atoms with van der Waals surface area (Å²) >= 11 is 6.05. The van der Waals surface area contributed by atoms with Crippen LogP contribution in [0.2, 0.25) is 5.02 Å². The summed E-state index contributed by atoms with van der Waals surface area (Å²) in [5.74, 6) is -0.335. The molecule has 1 aliphatic rings. The monoisotopic (exact) mass is 270 g/mol. The van der Waals surface area contributed by atoms with Crippen molar-refractivity contribution in [2.75, 3.05) is 0 Å². The van der Waals surface area contributed by atoms with E-state index in [2.05, 4.69) is 13.8 Å². The predicted octanol–water partition coefficient (Wildman–Crippen LogP) is 4.35. The van der Waals surface area contributed by atoms with E-state index in [-0.39, 0.29) is 11.2 Å². The zero-order chi connectivity index (χ0) is 13.4. The third-order valence-corrected chi connectivity index (χ3v) is 4.75. The molecule has 1 aliphatic carbocycles. The Labute approximate surface area is 113 Å². The molecule has 0 aliphatic heterocycles. The van der Waals surface area contributed by atoms with Crippen LogP contribution in [0.1, 0.15) is 45.1 Å². The quantitative estimate of drug-likeness (QED) is 0.847. The van der Waals surface area contributed by atoms with Crippen molar-refractivity contribution in [2.45, 2.75) is 51.6 Å². The molecule has 100 valence electrons. The molecule has 0 spiro atoms. The normalized spacial score (nSPS) is 27.2. The zero-order valence-electron chi connectivity index (χ0n) is 11.0. The van der Waals surface area contributed by atoms with Gasteiger partial charge < -0.3 is 5.11 Å². The molecule has 1 unspecified atom stereocenters. The lowest BCUT2D eigenvalue weighted by atomic mass is 9.63. The van der Waals surface area contributed by atoms with Crippen LogP contribution >= 0.6 is 11.6 Å². The molecule has 0 saturated heterocycles. The van der Waals surface area contributed by atoms with E-state index in [1.807, 2.05) is 0 Å². The Bertz CT molecular complexity index is 444. The lowest BCUT2D eigenvalue weighted by molar-refractivity contribution is -0.0958. The molecule has 18 heavy (non-hydrogen) atoms. The Morgan fingerprint density at radius 2 is 1.94 bits per heavy atom. The number of benzene rings is 1. The summed E-state index contributed by atoms with van der Waals surface area (Å²) in [6.07, 6.45) is 4.50. The number of aliphatic hydroxyl groups is 1. The van der Waals surface area contributed by atoms with Gasteiger partial charge in [-0.15, -0.1) is 0 Å². The molecule has 1 nitrogen and oxygen atoms in total. The van der Waals surface area contributed by atoms with Crippen molar-refractivity contribution in [3.05, 3.63) is 34.6 Å². The zero-order valence-corrected chi connectivity index (χ0v) is 11.7. The second-order valence-electron chi connectivity index (χ2n) is 6.04. The van der Waals surface area contributed by atoms with Gasteiger partial charge in [0.1, 0.15) is 5.82 Å². The van der Waals surface area contributed by atoms with Gasteiger partial charge in [-0.05, 0) is 36.0 Å². The van der Waals surface area contributed by atoms with E-state index in [0.717, 1.165) is 31.2 Å². The molecule has 0 aromatic heterocycles. The Kier molecular flexibility index (Phi) is 3.70. The van der Waals surface area contributed by atoms with Gasteiger partial charge in [-0.25, -0.2) is 4.39 Å². The molecule has 3 heteroatoms. The summed E-state index contributed by atoms with van der Waals surface area (Å²) in [6, 6.07) is 4.40. The molecule has 1 aromatic rings. The standard InChI is InChI=1S/C15H20ClFO/c1-14(2)7-3-4-8-15(14,18)10-11-5-6-12(17)9-13(11)16/h5-6,9,18H,3-4,7-8,10H2,1-2H3. The maximum Gasteiger partial charge on any atom is 0.124 e. The van der Waals surface area contributed by atoms with Crippen molar-refractivity contribution in [1.82, 2.24) is 0 Å². The molecule has 1 N–H and O–H groups in total. The van der Waals surface area contributed by atoms with Crippen LogP contribution in [0.4, 0.5) is 4.39 Å². The topological polar surface area (TPSA) is 20.2 Å². The SMILES string of the molecule is CC1(C)CCCCC1(O)Cc1ccc(F)cc1Cl. The van der Waals surface area contributed by atoms with Gasteiger partial charge in [-0.2, -0.15) is 0 Å². The number of halogens is 2. The van der Waals surface area contributed by atoms with Crippen LogP contribution in [0.3, 0.4) is 0 Å². The molecule has 0 radical (unpaired) electrons. The average molecular weight is 271 g/mol. The first-order chi connectivity index (χ1) is 8.34. The van der Waals surface area contributed by atoms with Gasteiger partial charge in [0, 0.05) is 11.4 Å². The molecular formula is C15H20ClFO.